The van der Waals surface area contributed by atoms with Crippen molar-refractivity contribution in [1.82, 2.24) is 0 Å². The topological polar surface area (TPSA) is 37.3 Å². The van der Waals surface area contributed by atoms with E-state index in [1.807, 2.05) is 43.3 Å². The molecule has 0 atom stereocenters. The summed E-state index contributed by atoms with van der Waals surface area (Å²) in [7, 11) is 0. The van der Waals surface area contributed by atoms with Crippen LogP contribution in [-0.2, 0) is 0 Å². The molecule has 0 saturated carbocycles. The number of rotatable bonds is 2. The SMILES string of the molecule is Cc1c(C=O)ccc2cc(-c3ccc(O)cc3)ccc12. The first kappa shape index (κ1) is 12.4. The molecule has 0 saturated heterocycles. The summed E-state index contributed by atoms with van der Waals surface area (Å²) in [5.74, 6) is 0.265. The molecule has 3 aromatic rings. The quantitative estimate of drug-likeness (QED) is 0.698. The van der Waals surface area contributed by atoms with Crippen LogP contribution in [-0.4, -0.2) is 11.4 Å². The van der Waals surface area contributed by atoms with Gasteiger partial charge in [0, 0.05) is 5.56 Å². The second-order valence-electron chi connectivity index (χ2n) is 4.88. The van der Waals surface area contributed by atoms with Crippen LogP contribution in [0.1, 0.15) is 15.9 Å². The highest BCUT2D eigenvalue weighted by Gasteiger charge is 2.05. The Morgan fingerprint density at radius 3 is 2.30 bits per heavy atom. The molecular weight excluding hydrogens is 248 g/mol. The normalized spacial score (nSPS) is 10.7. The zero-order valence-electron chi connectivity index (χ0n) is 11.1. The van der Waals surface area contributed by atoms with Crippen LogP contribution in [0.2, 0.25) is 0 Å². The van der Waals surface area contributed by atoms with Crippen LogP contribution in [0.15, 0.2) is 54.6 Å². The molecule has 20 heavy (non-hydrogen) atoms. The minimum absolute atomic E-state index is 0.265. The van der Waals surface area contributed by atoms with Crippen LogP contribution in [0.4, 0.5) is 0 Å². The van der Waals surface area contributed by atoms with Crippen LogP contribution in [0.5, 0.6) is 5.75 Å². The maximum absolute atomic E-state index is 11.0. The minimum atomic E-state index is 0.265. The number of aldehydes is 1. The van der Waals surface area contributed by atoms with Gasteiger partial charge in [-0.05, 0) is 52.6 Å². The number of phenols is 1. The van der Waals surface area contributed by atoms with E-state index in [9.17, 15) is 9.90 Å². The van der Waals surface area contributed by atoms with E-state index in [1.165, 1.54) is 0 Å². The lowest BCUT2D eigenvalue weighted by Crippen LogP contribution is -1.88. The molecule has 0 aromatic heterocycles. The number of aryl methyl sites for hydroxylation is 1. The van der Waals surface area contributed by atoms with E-state index in [0.29, 0.717) is 0 Å². The number of aromatic hydroxyl groups is 1. The summed E-state index contributed by atoms with van der Waals surface area (Å²) in [6.07, 6.45) is 0.892. The first-order valence-electron chi connectivity index (χ1n) is 6.47. The molecule has 0 aliphatic rings. The smallest absolute Gasteiger partial charge is 0.150 e. The summed E-state index contributed by atoms with van der Waals surface area (Å²) in [5.41, 5.74) is 3.89. The van der Waals surface area contributed by atoms with Gasteiger partial charge in [-0.15, -0.1) is 0 Å². The Balaban J connectivity index is 2.16. The maximum atomic E-state index is 11.0. The third-order valence-corrected chi connectivity index (χ3v) is 3.66. The lowest BCUT2D eigenvalue weighted by molar-refractivity contribution is 0.112. The number of benzene rings is 3. The summed E-state index contributed by atoms with van der Waals surface area (Å²) >= 11 is 0. The first-order valence-corrected chi connectivity index (χ1v) is 6.47. The predicted molar refractivity (Wildman–Crippen MR) is 81.2 cm³/mol. The van der Waals surface area contributed by atoms with Crippen LogP contribution in [0, 0.1) is 6.92 Å². The standard InChI is InChI=1S/C18H14O2/c1-12-16(11-19)3-2-15-10-14(6-9-18(12)15)13-4-7-17(20)8-5-13/h2-11,20H,1H3. The summed E-state index contributed by atoms with van der Waals surface area (Å²) < 4.78 is 0. The van der Waals surface area contributed by atoms with Gasteiger partial charge in [-0.3, -0.25) is 4.79 Å². The van der Waals surface area contributed by atoms with Crippen molar-refractivity contribution >= 4 is 17.1 Å². The average molecular weight is 262 g/mol. The maximum Gasteiger partial charge on any atom is 0.150 e. The molecule has 98 valence electrons. The van der Waals surface area contributed by atoms with E-state index in [-0.39, 0.29) is 5.75 Å². The van der Waals surface area contributed by atoms with E-state index < -0.39 is 0 Å². The lowest BCUT2D eigenvalue weighted by Gasteiger charge is -2.08. The summed E-state index contributed by atoms with van der Waals surface area (Å²) in [6.45, 7) is 1.96. The van der Waals surface area contributed by atoms with Crippen molar-refractivity contribution in [2.45, 2.75) is 6.92 Å². The predicted octanol–water partition coefficient (Wildman–Crippen LogP) is 4.33. The fourth-order valence-corrected chi connectivity index (χ4v) is 2.46. The Morgan fingerprint density at radius 1 is 0.900 bits per heavy atom. The van der Waals surface area contributed by atoms with Crippen molar-refractivity contribution in [3.05, 3.63) is 65.7 Å². The van der Waals surface area contributed by atoms with Crippen molar-refractivity contribution in [1.29, 1.82) is 0 Å². The lowest BCUT2D eigenvalue weighted by atomic mass is 9.96. The molecule has 0 aliphatic heterocycles. The number of fused-ring (bicyclic) bond motifs is 1. The van der Waals surface area contributed by atoms with Crippen molar-refractivity contribution in [2.75, 3.05) is 0 Å². The molecule has 3 aromatic carbocycles. The fourth-order valence-electron chi connectivity index (χ4n) is 2.46. The van der Waals surface area contributed by atoms with Gasteiger partial charge in [0.25, 0.3) is 0 Å². The van der Waals surface area contributed by atoms with Crippen LogP contribution in [0.25, 0.3) is 21.9 Å². The van der Waals surface area contributed by atoms with Crippen molar-refractivity contribution in [2.24, 2.45) is 0 Å². The molecule has 0 heterocycles. The summed E-state index contributed by atoms with van der Waals surface area (Å²) in [4.78, 5) is 11.0. The highest BCUT2D eigenvalue weighted by atomic mass is 16.3. The molecular formula is C18H14O2. The Kier molecular flexibility index (Phi) is 2.99. The molecule has 2 nitrogen and oxygen atoms in total. The Bertz CT molecular complexity index is 786. The van der Waals surface area contributed by atoms with Crippen LogP contribution < -0.4 is 0 Å². The van der Waals surface area contributed by atoms with E-state index in [1.54, 1.807) is 12.1 Å². The van der Waals surface area contributed by atoms with E-state index in [2.05, 4.69) is 6.07 Å². The van der Waals surface area contributed by atoms with E-state index >= 15 is 0 Å². The van der Waals surface area contributed by atoms with Gasteiger partial charge in [0.15, 0.2) is 0 Å². The molecule has 3 rings (SSSR count). The molecule has 0 unspecified atom stereocenters. The number of carbonyl (C=O) groups excluding carboxylic acids is 1. The zero-order chi connectivity index (χ0) is 14.1. The van der Waals surface area contributed by atoms with Gasteiger partial charge in [0.2, 0.25) is 0 Å². The number of phenolic OH excluding ortho intramolecular Hbond substituents is 1. The van der Waals surface area contributed by atoms with Crippen molar-refractivity contribution in [3.8, 4) is 16.9 Å². The van der Waals surface area contributed by atoms with E-state index in [0.717, 1.165) is 39.3 Å². The highest BCUT2D eigenvalue weighted by Crippen LogP contribution is 2.28. The fraction of sp³-hybridized carbons (Fsp3) is 0.0556. The van der Waals surface area contributed by atoms with Gasteiger partial charge in [-0.1, -0.05) is 36.4 Å². The number of hydrogen-bond donors (Lipinski definition) is 1. The highest BCUT2D eigenvalue weighted by molar-refractivity contribution is 5.95. The molecule has 0 amide bonds. The monoisotopic (exact) mass is 262 g/mol. The van der Waals surface area contributed by atoms with E-state index in [4.69, 9.17) is 0 Å². The molecule has 0 aliphatic carbocycles. The minimum Gasteiger partial charge on any atom is -0.508 e. The number of carbonyl (C=O) groups is 1. The van der Waals surface area contributed by atoms with Crippen molar-refractivity contribution < 1.29 is 9.90 Å². The largest absolute Gasteiger partial charge is 0.508 e. The molecule has 0 spiro atoms. The van der Waals surface area contributed by atoms with Gasteiger partial charge in [-0.25, -0.2) is 0 Å². The molecule has 0 bridgehead atoms. The van der Waals surface area contributed by atoms with Gasteiger partial charge >= 0.3 is 0 Å². The Morgan fingerprint density at radius 2 is 1.60 bits per heavy atom. The Labute approximate surface area is 117 Å². The number of hydrogen-bond acceptors (Lipinski definition) is 2. The van der Waals surface area contributed by atoms with Gasteiger partial charge in [0.1, 0.15) is 12.0 Å². The average Bonchev–Trinajstić information content (AvgIpc) is 2.48. The Hall–Kier alpha value is -2.61. The molecule has 2 heteroatoms. The second-order valence-corrected chi connectivity index (χ2v) is 4.88. The third kappa shape index (κ3) is 2.05. The van der Waals surface area contributed by atoms with Crippen molar-refractivity contribution in [3.63, 3.8) is 0 Å². The summed E-state index contributed by atoms with van der Waals surface area (Å²) in [5, 5.41) is 11.5. The first-order chi connectivity index (χ1) is 9.69. The van der Waals surface area contributed by atoms with Crippen LogP contribution >= 0.6 is 0 Å². The van der Waals surface area contributed by atoms with Gasteiger partial charge in [-0.2, -0.15) is 0 Å². The van der Waals surface area contributed by atoms with Gasteiger partial charge < -0.3 is 5.11 Å². The van der Waals surface area contributed by atoms with Gasteiger partial charge in [0.05, 0.1) is 0 Å². The molecule has 0 radical (unpaired) electrons. The third-order valence-electron chi connectivity index (χ3n) is 3.66. The van der Waals surface area contributed by atoms with Crippen LogP contribution in [0.3, 0.4) is 0 Å². The zero-order valence-corrected chi connectivity index (χ0v) is 11.1. The molecule has 0 fully saturated rings. The molecule has 1 N–H and O–H groups in total. The summed E-state index contributed by atoms with van der Waals surface area (Å²) in [6, 6.07) is 17.1. The second kappa shape index (κ2) is 4.82.